The first kappa shape index (κ1) is 29.3. The molecule has 1 saturated heterocycles. The van der Waals surface area contributed by atoms with Gasteiger partial charge in [-0.2, -0.15) is 5.26 Å². The highest BCUT2D eigenvalue weighted by Crippen LogP contribution is 2.27. The second-order valence-electron chi connectivity index (χ2n) is 10.3. The lowest BCUT2D eigenvalue weighted by atomic mass is 9.99. The number of rotatable bonds is 9. The molecule has 5 rings (SSSR count). The van der Waals surface area contributed by atoms with Gasteiger partial charge in [0.1, 0.15) is 17.6 Å². The fraction of sp³-hybridized carbons (Fsp3) is 0.235. The molecule has 218 valence electrons. The molecule has 4 aromatic rings. The van der Waals surface area contributed by atoms with Gasteiger partial charge < -0.3 is 25.1 Å². The SMILES string of the molecule is CN=C/C(C(=O)c1cc2cc(C(=O)N3CCOCC3)ccc2[nH]1)=C(/N)CCc1ccc(Oc2ccccc2C#N)cc1C. The summed E-state index contributed by atoms with van der Waals surface area (Å²) in [5.74, 6) is 0.819. The first-order valence-corrected chi connectivity index (χ1v) is 14.1. The van der Waals surface area contributed by atoms with Crippen LogP contribution in [-0.2, 0) is 11.2 Å². The lowest BCUT2D eigenvalue weighted by molar-refractivity contribution is 0.0303. The Balaban J connectivity index is 1.31. The normalized spacial score (nSPS) is 14.0. The van der Waals surface area contributed by atoms with Crippen molar-refractivity contribution in [1.82, 2.24) is 9.88 Å². The summed E-state index contributed by atoms with van der Waals surface area (Å²) in [6.45, 7) is 4.17. The zero-order valence-corrected chi connectivity index (χ0v) is 24.2. The number of ketones is 1. The molecule has 0 atom stereocenters. The maximum Gasteiger partial charge on any atom is 0.254 e. The van der Waals surface area contributed by atoms with Crippen LogP contribution in [0.25, 0.3) is 10.9 Å². The standard InChI is InChI=1S/C34H33N5O4/c1-22-17-27(43-32-6-4-3-5-25(32)20-35)10-7-23(22)8-11-29(36)28(21-37-2)33(40)31-19-26-18-24(9-12-30(26)38-31)34(41)39-13-15-42-16-14-39/h3-7,9-10,12,17-19,21,38H,8,11,13-16,36H2,1-2H3/b29-28-,37-21?. The van der Waals surface area contributed by atoms with E-state index in [-0.39, 0.29) is 11.7 Å². The zero-order valence-electron chi connectivity index (χ0n) is 24.2. The first-order valence-electron chi connectivity index (χ1n) is 14.1. The second-order valence-corrected chi connectivity index (χ2v) is 10.3. The first-order chi connectivity index (χ1) is 20.9. The summed E-state index contributed by atoms with van der Waals surface area (Å²) >= 11 is 0. The average molecular weight is 576 g/mol. The predicted molar refractivity (Wildman–Crippen MR) is 166 cm³/mol. The van der Waals surface area contributed by atoms with Crippen molar-refractivity contribution in [3.05, 3.63) is 106 Å². The topological polar surface area (TPSA) is 134 Å². The van der Waals surface area contributed by atoms with Gasteiger partial charge in [-0.1, -0.05) is 18.2 Å². The van der Waals surface area contributed by atoms with Crippen LogP contribution >= 0.6 is 0 Å². The fourth-order valence-corrected chi connectivity index (χ4v) is 5.09. The number of allylic oxidation sites excluding steroid dienone is 2. The largest absolute Gasteiger partial charge is 0.456 e. The number of nitriles is 1. The summed E-state index contributed by atoms with van der Waals surface area (Å²) in [7, 11) is 1.60. The molecule has 2 heterocycles. The van der Waals surface area contributed by atoms with Crippen LogP contribution in [0.15, 0.2) is 83.0 Å². The summed E-state index contributed by atoms with van der Waals surface area (Å²) < 4.78 is 11.3. The molecule has 0 aliphatic carbocycles. The van der Waals surface area contributed by atoms with Crippen molar-refractivity contribution in [3.8, 4) is 17.6 Å². The van der Waals surface area contributed by atoms with Gasteiger partial charge in [-0.15, -0.1) is 0 Å². The molecule has 43 heavy (non-hydrogen) atoms. The molecule has 0 saturated carbocycles. The number of fused-ring (bicyclic) bond motifs is 1. The molecular formula is C34H33N5O4. The molecule has 1 aliphatic rings. The third kappa shape index (κ3) is 6.66. The van der Waals surface area contributed by atoms with E-state index in [0.717, 1.165) is 22.0 Å². The number of aliphatic imine (C=N–C) groups is 1. The van der Waals surface area contributed by atoms with Crippen LogP contribution in [0, 0.1) is 18.3 Å². The second kappa shape index (κ2) is 13.2. The van der Waals surface area contributed by atoms with Crippen molar-refractivity contribution < 1.29 is 19.1 Å². The van der Waals surface area contributed by atoms with Crippen molar-refractivity contribution >= 4 is 28.8 Å². The number of aryl methyl sites for hydroxylation is 2. The third-order valence-corrected chi connectivity index (χ3v) is 7.47. The Labute approximate surface area is 250 Å². The fourth-order valence-electron chi connectivity index (χ4n) is 5.09. The summed E-state index contributed by atoms with van der Waals surface area (Å²) in [5.41, 5.74) is 11.5. The lowest BCUT2D eigenvalue weighted by Crippen LogP contribution is -2.40. The highest BCUT2D eigenvalue weighted by atomic mass is 16.5. The van der Waals surface area contributed by atoms with Gasteiger partial charge in [-0.25, -0.2) is 0 Å². The highest BCUT2D eigenvalue weighted by Gasteiger charge is 2.21. The van der Waals surface area contributed by atoms with Crippen LogP contribution in [0.3, 0.4) is 0 Å². The van der Waals surface area contributed by atoms with Crippen LogP contribution in [-0.4, -0.2) is 61.1 Å². The van der Waals surface area contributed by atoms with Gasteiger partial charge in [-0.3, -0.25) is 14.6 Å². The minimum Gasteiger partial charge on any atom is -0.456 e. The van der Waals surface area contributed by atoms with Gasteiger partial charge in [0.15, 0.2) is 0 Å². The van der Waals surface area contributed by atoms with Crippen LogP contribution in [0.5, 0.6) is 11.5 Å². The Morgan fingerprint density at radius 3 is 2.65 bits per heavy atom. The molecule has 0 spiro atoms. The number of carbonyl (C=O) groups is 2. The predicted octanol–water partition coefficient (Wildman–Crippen LogP) is 5.34. The van der Waals surface area contributed by atoms with Crippen molar-refractivity contribution in [2.45, 2.75) is 19.8 Å². The number of H-pyrrole nitrogens is 1. The lowest BCUT2D eigenvalue weighted by Gasteiger charge is -2.26. The molecule has 0 bridgehead atoms. The number of aromatic nitrogens is 1. The number of benzene rings is 3. The third-order valence-electron chi connectivity index (χ3n) is 7.47. The molecule has 9 heteroatoms. The Morgan fingerprint density at radius 1 is 1.12 bits per heavy atom. The molecule has 3 aromatic carbocycles. The summed E-state index contributed by atoms with van der Waals surface area (Å²) in [5, 5.41) is 10.1. The Kier molecular flexibility index (Phi) is 8.99. The number of nitrogens with two attached hydrogens (primary N) is 1. The van der Waals surface area contributed by atoms with Crippen molar-refractivity contribution in [3.63, 3.8) is 0 Å². The maximum absolute atomic E-state index is 13.6. The average Bonchev–Trinajstić information content (AvgIpc) is 3.47. The van der Waals surface area contributed by atoms with Crippen LogP contribution in [0.4, 0.5) is 0 Å². The van der Waals surface area contributed by atoms with E-state index in [1.807, 2.05) is 37.3 Å². The van der Waals surface area contributed by atoms with Gasteiger partial charge in [0.25, 0.3) is 5.91 Å². The summed E-state index contributed by atoms with van der Waals surface area (Å²) in [6.07, 6.45) is 2.55. The van der Waals surface area contributed by atoms with E-state index >= 15 is 0 Å². The van der Waals surface area contributed by atoms with Crippen LogP contribution in [0.1, 0.15) is 44.0 Å². The minimum atomic E-state index is -0.267. The number of morpholine rings is 1. The Hall–Kier alpha value is -5.20. The van der Waals surface area contributed by atoms with Crippen molar-refractivity contribution in [2.75, 3.05) is 33.4 Å². The van der Waals surface area contributed by atoms with E-state index < -0.39 is 0 Å². The Bertz CT molecular complexity index is 1770. The van der Waals surface area contributed by atoms with Crippen LogP contribution in [0.2, 0.25) is 0 Å². The molecular weight excluding hydrogens is 542 g/mol. The number of hydrogen-bond donors (Lipinski definition) is 2. The number of amides is 1. The van der Waals surface area contributed by atoms with E-state index in [1.165, 1.54) is 6.21 Å². The number of ether oxygens (including phenoxy) is 2. The smallest absolute Gasteiger partial charge is 0.254 e. The summed E-state index contributed by atoms with van der Waals surface area (Å²) in [4.78, 5) is 35.5. The molecule has 0 radical (unpaired) electrons. The number of carbonyl (C=O) groups excluding carboxylic acids is 2. The van der Waals surface area contributed by atoms with Gasteiger partial charge in [0.2, 0.25) is 5.78 Å². The highest BCUT2D eigenvalue weighted by molar-refractivity contribution is 6.22. The van der Waals surface area contributed by atoms with E-state index in [4.69, 9.17) is 15.2 Å². The zero-order chi connectivity index (χ0) is 30.3. The number of nitrogens with one attached hydrogen (secondary N) is 1. The molecule has 1 aromatic heterocycles. The van der Waals surface area contributed by atoms with Crippen LogP contribution < -0.4 is 10.5 Å². The molecule has 1 amide bonds. The molecule has 3 N–H and O–H groups in total. The number of nitrogens with zero attached hydrogens (tertiary/aromatic N) is 3. The maximum atomic E-state index is 13.6. The number of hydrogen-bond acceptors (Lipinski definition) is 7. The minimum absolute atomic E-state index is 0.0518. The quantitative estimate of drug-likeness (QED) is 0.157. The van der Waals surface area contributed by atoms with Gasteiger partial charge >= 0.3 is 0 Å². The van der Waals surface area contributed by atoms with E-state index in [0.29, 0.717) is 78.7 Å². The van der Waals surface area contributed by atoms with Gasteiger partial charge in [-0.05, 0) is 79.4 Å². The van der Waals surface area contributed by atoms with Crippen molar-refractivity contribution in [1.29, 1.82) is 5.26 Å². The number of aromatic amines is 1. The number of Topliss-reactive ketones (excluding diaryl/α,β-unsaturated/α-hetero) is 1. The number of para-hydroxylation sites is 1. The van der Waals surface area contributed by atoms with Crippen molar-refractivity contribution in [2.24, 2.45) is 10.7 Å². The van der Waals surface area contributed by atoms with Gasteiger partial charge in [0, 0.05) is 48.5 Å². The van der Waals surface area contributed by atoms with E-state index in [2.05, 4.69) is 16.0 Å². The monoisotopic (exact) mass is 575 g/mol. The Morgan fingerprint density at radius 2 is 1.91 bits per heavy atom. The molecule has 9 nitrogen and oxygen atoms in total. The van der Waals surface area contributed by atoms with E-state index in [9.17, 15) is 14.9 Å². The molecule has 1 aliphatic heterocycles. The molecule has 1 fully saturated rings. The van der Waals surface area contributed by atoms with Gasteiger partial charge in [0.05, 0.1) is 30.0 Å². The molecule has 0 unspecified atom stereocenters. The van der Waals surface area contributed by atoms with E-state index in [1.54, 1.807) is 48.3 Å². The summed E-state index contributed by atoms with van der Waals surface area (Å²) in [6, 6.07) is 22.1.